The van der Waals surface area contributed by atoms with Crippen LogP contribution in [0.4, 0.5) is 11.4 Å². The van der Waals surface area contributed by atoms with Crippen molar-refractivity contribution in [3.05, 3.63) is 24.3 Å². The minimum atomic E-state index is 0. The van der Waals surface area contributed by atoms with Gasteiger partial charge in [-0.15, -0.1) is 12.4 Å². The molecule has 2 heterocycles. The molecule has 1 aromatic carbocycles. The summed E-state index contributed by atoms with van der Waals surface area (Å²) in [7, 11) is 0. The van der Waals surface area contributed by atoms with Gasteiger partial charge in [0.25, 0.3) is 0 Å². The molecule has 2 fully saturated rings. The van der Waals surface area contributed by atoms with Gasteiger partial charge in [-0.2, -0.15) is 0 Å². The van der Waals surface area contributed by atoms with Crippen molar-refractivity contribution >= 4 is 29.7 Å². The maximum atomic E-state index is 12.5. The third-order valence-electron chi connectivity index (χ3n) is 4.71. The Kier molecular flexibility index (Phi) is 6.09. The number of nitrogens with one attached hydrogen (secondary N) is 2. The predicted octanol–water partition coefficient (Wildman–Crippen LogP) is 2.89. The van der Waals surface area contributed by atoms with Gasteiger partial charge in [0.15, 0.2) is 0 Å². The third kappa shape index (κ3) is 3.73. The number of anilines is 2. The zero-order chi connectivity index (χ0) is 14.7. The summed E-state index contributed by atoms with van der Waals surface area (Å²) in [6.45, 7) is 6.05. The maximum absolute atomic E-state index is 12.5. The first-order chi connectivity index (χ1) is 10.3. The summed E-state index contributed by atoms with van der Waals surface area (Å²) >= 11 is 0. The summed E-state index contributed by atoms with van der Waals surface area (Å²) in [5, 5.41) is 6.46. The molecule has 0 radical (unpaired) electrons. The second-order valence-corrected chi connectivity index (χ2v) is 6.30. The summed E-state index contributed by atoms with van der Waals surface area (Å²) in [6, 6.07) is 8.20. The number of piperidine rings is 1. The Hall–Kier alpha value is -1.26. The highest BCUT2D eigenvalue weighted by molar-refractivity contribution is 5.96. The van der Waals surface area contributed by atoms with Crippen molar-refractivity contribution in [3.8, 4) is 0 Å². The topological polar surface area (TPSA) is 44.4 Å². The van der Waals surface area contributed by atoms with Crippen LogP contribution in [0.25, 0.3) is 0 Å². The van der Waals surface area contributed by atoms with Crippen LogP contribution in [-0.4, -0.2) is 32.1 Å². The van der Waals surface area contributed by atoms with Crippen LogP contribution < -0.4 is 15.5 Å². The molecule has 0 aliphatic carbocycles. The Labute approximate surface area is 139 Å². The van der Waals surface area contributed by atoms with Crippen LogP contribution in [0.2, 0.25) is 0 Å². The minimum absolute atomic E-state index is 0. The molecule has 122 valence electrons. The Bertz CT molecular complexity index is 502. The monoisotopic (exact) mass is 323 g/mol. The van der Waals surface area contributed by atoms with E-state index in [-0.39, 0.29) is 24.2 Å². The number of halogens is 1. The molecule has 0 spiro atoms. The van der Waals surface area contributed by atoms with E-state index in [0.29, 0.717) is 5.92 Å². The lowest BCUT2D eigenvalue weighted by Gasteiger charge is -2.30. The van der Waals surface area contributed by atoms with Crippen molar-refractivity contribution in [2.75, 3.05) is 36.4 Å². The van der Waals surface area contributed by atoms with E-state index in [1.807, 2.05) is 12.1 Å². The minimum Gasteiger partial charge on any atom is -0.370 e. The molecule has 2 atom stereocenters. The van der Waals surface area contributed by atoms with E-state index in [1.165, 1.54) is 24.9 Å². The quantitative estimate of drug-likeness (QED) is 0.899. The smallest absolute Gasteiger partial charge is 0.229 e. The number of carbonyl (C=O) groups is 1. The van der Waals surface area contributed by atoms with Crippen LogP contribution in [0.15, 0.2) is 24.3 Å². The van der Waals surface area contributed by atoms with Crippen molar-refractivity contribution in [3.63, 3.8) is 0 Å². The van der Waals surface area contributed by atoms with Crippen LogP contribution in [0.5, 0.6) is 0 Å². The van der Waals surface area contributed by atoms with Gasteiger partial charge < -0.3 is 15.5 Å². The number of carbonyl (C=O) groups excluding carboxylic acids is 1. The van der Waals surface area contributed by atoms with Gasteiger partial charge in [-0.1, -0.05) is 19.1 Å². The van der Waals surface area contributed by atoms with Crippen LogP contribution in [0.3, 0.4) is 0 Å². The molecule has 2 N–H and O–H groups in total. The first-order valence-corrected chi connectivity index (χ1v) is 8.11. The first kappa shape index (κ1) is 17.1. The number of para-hydroxylation sites is 2. The second kappa shape index (κ2) is 7.84. The number of benzene rings is 1. The summed E-state index contributed by atoms with van der Waals surface area (Å²) in [5.41, 5.74) is 2.13. The number of hydrogen-bond donors (Lipinski definition) is 2. The Balaban J connectivity index is 0.00000176. The molecule has 1 aromatic rings. The van der Waals surface area contributed by atoms with Gasteiger partial charge in [0, 0.05) is 19.6 Å². The van der Waals surface area contributed by atoms with E-state index < -0.39 is 0 Å². The SMILES string of the molecule is C[C@@H]1CNC[C@H]1C(=O)Nc1ccccc1N1CCCCC1.Cl. The van der Waals surface area contributed by atoms with Crippen molar-refractivity contribution in [2.45, 2.75) is 26.2 Å². The highest BCUT2D eigenvalue weighted by Gasteiger charge is 2.30. The molecule has 3 rings (SSSR count). The summed E-state index contributed by atoms with van der Waals surface area (Å²) < 4.78 is 0. The molecule has 0 aromatic heterocycles. The second-order valence-electron chi connectivity index (χ2n) is 6.30. The maximum Gasteiger partial charge on any atom is 0.229 e. The summed E-state index contributed by atoms with van der Waals surface area (Å²) in [4.78, 5) is 14.9. The lowest BCUT2D eigenvalue weighted by molar-refractivity contribution is -0.120. The highest BCUT2D eigenvalue weighted by atomic mass is 35.5. The Morgan fingerprint density at radius 1 is 1.18 bits per heavy atom. The van der Waals surface area contributed by atoms with Crippen molar-refractivity contribution in [1.82, 2.24) is 5.32 Å². The van der Waals surface area contributed by atoms with Gasteiger partial charge in [-0.3, -0.25) is 4.79 Å². The molecule has 0 saturated carbocycles. The van der Waals surface area contributed by atoms with Crippen LogP contribution in [-0.2, 0) is 4.79 Å². The van der Waals surface area contributed by atoms with Crippen LogP contribution in [0.1, 0.15) is 26.2 Å². The molecule has 2 aliphatic rings. The number of nitrogens with zero attached hydrogens (tertiary/aromatic N) is 1. The third-order valence-corrected chi connectivity index (χ3v) is 4.71. The molecule has 2 saturated heterocycles. The largest absolute Gasteiger partial charge is 0.370 e. The lowest BCUT2D eigenvalue weighted by Crippen LogP contribution is -2.32. The van der Waals surface area contributed by atoms with Crippen molar-refractivity contribution < 1.29 is 4.79 Å². The zero-order valence-electron chi connectivity index (χ0n) is 13.2. The fraction of sp³-hybridized carbons (Fsp3) is 0.588. The van der Waals surface area contributed by atoms with Gasteiger partial charge in [0.1, 0.15) is 0 Å². The summed E-state index contributed by atoms with van der Waals surface area (Å²) in [5.74, 6) is 0.642. The predicted molar refractivity (Wildman–Crippen MR) is 93.9 cm³/mol. The van der Waals surface area contributed by atoms with Gasteiger partial charge in [-0.05, 0) is 43.9 Å². The normalized spacial score (nSPS) is 24.7. The van der Waals surface area contributed by atoms with Crippen molar-refractivity contribution in [1.29, 1.82) is 0 Å². The van der Waals surface area contributed by atoms with E-state index in [1.54, 1.807) is 0 Å². The molecule has 1 amide bonds. The van der Waals surface area contributed by atoms with Gasteiger partial charge in [0.05, 0.1) is 17.3 Å². The Morgan fingerprint density at radius 3 is 2.59 bits per heavy atom. The van der Waals surface area contributed by atoms with E-state index in [9.17, 15) is 4.79 Å². The standard InChI is InChI=1S/C17H25N3O.ClH/c1-13-11-18-12-14(13)17(21)19-15-7-3-4-8-16(15)20-9-5-2-6-10-20;/h3-4,7-8,13-14,18H,2,5-6,9-12H2,1H3,(H,19,21);1H/t13-,14-;/m1./s1. The molecular formula is C17H26ClN3O. The van der Waals surface area contributed by atoms with E-state index in [2.05, 4.69) is 34.6 Å². The molecule has 2 aliphatic heterocycles. The fourth-order valence-corrected chi connectivity index (χ4v) is 3.38. The molecule has 22 heavy (non-hydrogen) atoms. The molecule has 5 heteroatoms. The van der Waals surface area contributed by atoms with E-state index in [4.69, 9.17) is 0 Å². The Morgan fingerprint density at radius 2 is 1.91 bits per heavy atom. The van der Waals surface area contributed by atoms with Gasteiger partial charge >= 0.3 is 0 Å². The lowest BCUT2D eigenvalue weighted by atomic mass is 9.97. The molecule has 4 nitrogen and oxygen atoms in total. The zero-order valence-corrected chi connectivity index (χ0v) is 14.0. The highest BCUT2D eigenvalue weighted by Crippen LogP contribution is 2.29. The first-order valence-electron chi connectivity index (χ1n) is 8.11. The van der Waals surface area contributed by atoms with Gasteiger partial charge in [-0.25, -0.2) is 0 Å². The van der Waals surface area contributed by atoms with Crippen molar-refractivity contribution in [2.24, 2.45) is 11.8 Å². The number of amides is 1. The molecular weight excluding hydrogens is 298 g/mol. The van der Waals surface area contributed by atoms with Crippen LogP contribution >= 0.6 is 12.4 Å². The van der Waals surface area contributed by atoms with Gasteiger partial charge in [0.2, 0.25) is 5.91 Å². The molecule has 0 unspecified atom stereocenters. The average Bonchev–Trinajstić information content (AvgIpc) is 2.95. The average molecular weight is 324 g/mol. The molecule has 0 bridgehead atoms. The number of hydrogen-bond acceptors (Lipinski definition) is 3. The summed E-state index contributed by atoms with van der Waals surface area (Å²) in [6.07, 6.45) is 3.80. The van der Waals surface area contributed by atoms with Crippen LogP contribution in [0, 0.1) is 11.8 Å². The van der Waals surface area contributed by atoms with E-state index >= 15 is 0 Å². The van der Waals surface area contributed by atoms with E-state index in [0.717, 1.165) is 31.9 Å². The number of rotatable bonds is 3. The fourth-order valence-electron chi connectivity index (χ4n) is 3.38.